The minimum atomic E-state index is -0.234. The Balaban J connectivity index is 2.09. The lowest BCUT2D eigenvalue weighted by molar-refractivity contribution is 0.0930. The van der Waals surface area contributed by atoms with Crippen molar-refractivity contribution in [3.8, 4) is 0 Å². The zero-order valence-corrected chi connectivity index (χ0v) is 9.42. The number of nitrogens with one attached hydrogen (secondary N) is 2. The Morgan fingerprint density at radius 1 is 1.47 bits per heavy atom. The summed E-state index contributed by atoms with van der Waals surface area (Å²) < 4.78 is 0. The van der Waals surface area contributed by atoms with Crippen molar-refractivity contribution in [1.29, 1.82) is 0 Å². The molecule has 0 radical (unpaired) electrons. The third-order valence-electron chi connectivity index (χ3n) is 2.47. The number of hydrogen-bond donors (Lipinski definition) is 2. The van der Waals surface area contributed by atoms with Crippen LogP contribution in [0.3, 0.4) is 0 Å². The largest absolute Gasteiger partial charge is 0.344 e. The fourth-order valence-electron chi connectivity index (χ4n) is 1.56. The fraction of sp³-hybridized carbons (Fsp3) is 0.273. The molecule has 0 saturated carbocycles. The first-order valence-electron chi connectivity index (χ1n) is 5.37. The molecule has 2 aromatic rings. The SMILES string of the molecule is CC[C@H](NC(=O)c1cn[nH]n1)c1ccncc1. The minimum Gasteiger partial charge on any atom is -0.344 e. The van der Waals surface area contributed by atoms with Gasteiger partial charge in [-0.25, -0.2) is 0 Å². The van der Waals surface area contributed by atoms with Gasteiger partial charge >= 0.3 is 0 Å². The van der Waals surface area contributed by atoms with Crippen LogP contribution in [-0.4, -0.2) is 26.3 Å². The Bertz CT molecular complexity index is 468. The van der Waals surface area contributed by atoms with E-state index in [9.17, 15) is 4.79 Å². The molecular formula is C11H13N5O. The molecule has 0 aliphatic rings. The van der Waals surface area contributed by atoms with Crippen LogP contribution in [0.25, 0.3) is 0 Å². The normalized spacial score (nSPS) is 12.1. The lowest BCUT2D eigenvalue weighted by Crippen LogP contribution is -2.28. The highest BCUT2D eigenvalue weighted by atomic mass is 16.2. The van der Waals surface area contributed by atoms with E-state index in [-0.39, 0.29) is 17.6 Å². The lowest BCUT2D eigenvalue weighted by Gasteiger charge is -2.16. The van der Waals surface area contributed by atoms with Crippen LogP contribution in [0.2, 0.25) is 0 Å². The number of hydrogen-bond acceptors (Lipinski definition) is 4. The molecule has 2 heterocycles. The Kier molecular flexibility index (Phi) is 3.44. The van der Waals surface area contributed by atoms with Crippen LogP contribution < -0.4 is 5.32 Å². The molecule has 0 saturated heterocycles. The van der Waals surface area contributed by atoms with Gasteiger partial charge in [-0.2, -0.15) is 15.4 Å². The van der Waals surface area contributed by atoms with E-state index in [1.165, 1.54) is 6.20 Å². The van der Waals surface area contributed by atoms with E-state index in [0.717, 1.165) is 12.0 Å². The van der Waals surface area contributed by atoms with Crippen molar-refractivity contribution in [2.45, 2.75) is 19.4 Å². The molecule has 0 aliphatic heterocycles. The first-order valence-corrected chi connectivity index (χ1v) is 5.37. The Labute approximate surface area is 98.5 Å². The van der Waals surface area contributed by atoms with Crippen molar-refractivity contribution < 1.29 is 4.79 Å². The van der Waals surface area contributed by atoms with Crippen LogP contribution in [0.15, 0.2) is 30.7 Å². The maximum absolute atomic E-state index is 11.8. The lowest BCUT2D eigenvalue weighted by atomic mass is 10.1. The van der Waals surface area contributed by atoms with E-state index in [1.807, 2.05) is 19.1 Å². The van der Waals surface area contributed by atoms with Gasteiger partial charge in [0.05, 0.1) is 12.2 Å². The third kappa shape index (κ3) is 2.66. The number of aromatic amines is 1. The number of pyridine rings is 1. The Hall–Kier alpha value is -2.24. The van der Waals surface area contributed by atoms with Crippen LogP contribution in [0.5, 0.6) is 0 Å². The molecule has 1 amide bonds. The van der Waals surface area contributed by atoms with Gasteiger partial charge in [0.15, 0.2) is 5.69 Å². The topological polar surface area (TPSA) is 83.6 Å². The summed E-state index contributed by atoms with van der Waals surface area (Å²) in [5.74, 6) is -0.234. The zero-order valence-electron chi connectivity index (χ0n) is 9.42. The molecule has 0 aromatic carbocycles. The van der Waals surface area contributed by atoms with E-state index >= 15 is 0 Å². The Morgan fingerprint density at radius 3 is 2.82 bits per heavy atom. The predicted molar refractivity (Wildman–Crippen MR) is 61.1 cm³/mol. The predicted octanol–water partition coefficient (Wildman–Crippen LogP) is 1.08. The second-order valence-electron chi connectivity index (χ2n) is 3.57. The van der Waals surface area contributed by atoms with Crippen LogP contribution >= 0.6 is 0 Å². The van der Waals surface area contributed by atoms with E-state index in [4.69, 9.17) is 0 Å². The highest BCUT2D eigenvalue weighted by Gasteiger charge is 2.15. The molecule has 88 valence electrons. The summed E-state index contributed by atoms with van der Waals surface area (Å²) in [6.07, 6.45) is 5.61. The zero-order chi connectivity index (χ0) is 12.1. The Morgan fingerprint density at radius 2 is 2.24 bits per heavy atom. The van der Waals surface area contributed by atoms with Gasteiger partial charge in [0, 0.05) is 12.4 Å². The molecule has 1 atom stereocenters. The van der Waals surface area contributed by atoms with Crippen molar-refractivity contribution in [2.24, 2.45) is 0 Å². The van der Waals surface area contributed by atoms with Gasteiger partial charge in [0.1, 0.15) is 0 Å². The molecule has 2 rings (SSSR count). The van der Waals surface area contributed by atoms with Crippen molar-refractivity contribution in [3.05, 3.63) is 42.0 Å². The summed E-state index contributed by atoms with van der Waals surface area (Å²) in [5.41, 5.74) is 1.32. The van der Waals surface area contributed by atoms with Gasteiger partial charge in [0.25, 0.3) is 5.91 Å². The van der Waals surface area contributed by atoms with Gasteiger partial charge in [-0.15, -0.1) is 0 Å². The van der Waals surface area contributed by atoms with Crippen molar-refractivity contribution in [1.82, 2.24) is 25.7 Å². The van der Waals surface area contributed by atoms with Gasteiger partial charge in [0.2, 0.25) is 0 Å². The molecule has 2 N–H and O–H groups in total. The molecule has 2 aromatic heterocycles. The summed E-state index contributed by atoms with van der Waals surface area (Å²) in [6, 6.07) is 3.73. The number of carbonyl (C=O) groups excluding carboxylic acids is 1. The first-order chi connectivity index (χ1) is 8.31. The standard InChI is InChI=1S/C11H13N5O/c1-2-9(8-3-5-12-6-4-8)14-11(17)10-7-13-16-15-10/h3-7,9H,2H2,1H3,(H,14,17)(H,13,15,16)/t9-/m0/s1. The van der Waals surface area contributed by atoms with Gasteiger partial charge < -0.3 is 5.32 Å². The first kappa shape index (κ1) is 11.3. The molecule has 0 aliphatic carbocycles. The smallest absolute Gasteiger partial charge is 0.273 e. The molecule has 0 bridgehead atoms. The number of rotatable bonds is 4. The highest BCUT2D eigenvalue weighted by Crippen LogP contribution is 2.15. The van der Waals surface area contributed by atoms with E-state index in [0.29, 0.717) is 0 Å². The third-order valence-corrected chi connectivity index (χ3v) is 2.47. The number of nitrogens with zero attached hydrogens (tertiary/aromatic N) is 3. The summed E-state index contributed by atoms with van der Waals surface area (Å²) in [5, 5.41) is 12.6. The second-order valence-corrected chi connectivity index (χ2v) is 3.57. The summed E-state index contributed by atoms with van der Waals surface area (Å²) in [4.78, 5) is 15.8. The van der Waals surface area contributed by atoms with E-state index in [2.05, 4.69) is 25.7 Å². The number of H-pyrrole nitrogens is 1. The second kappa shape index (κ2) is 5.20. The summed E-state index contributed by atoms with van der Waals surface area (Å²) >= 11 is 0. The van der Waals surface area contributed by atoms with Crippen LogP contribution in [0.1, 0.15) is 35.4 Å². The van der Waals surface area contributed by atoms with Gasteiger partial charge in [-0.3, -0.25) is 9.78 Å². The highest BCUT2D eigenvalue weighted by molar-refractivity contribution is 5.92. The van der Waals surface area contributed by atoms with Crippen LogP contribution in [-0.2, 0) is 0 Å². The average molecular weight is 231 g/mol. The number of amides is 1. The van der Waals surface area contributed by atoms with Crippen LogP contribution in [0.4, 0.5) is 0 Å². The summed E-state index contributed by atoms with van der Waals surface area (Å²) in [6.45, 7) is 2.01. The monoisotopic (exact) mass is 231 g/mol. The fourth-order valence-corrected chi connectivity index (χ4v) is 1.56. The molecule has 0 fully saturated rings. The molecule has 6 nitrogen and oxygen atoms in total. The number of aromatic nitrogens is 4. The molecule has 0 spiro atoms. The molecule has 6 heteroatoms. The van der Waals surface area contributed by atoms with Gasteiger partial charge in [-0.1, -0.05) is 6.92 Å². The van der Waals surface area contributed by atoms with E-state index in [1.54, 1.807) is 12.4 Å². The van der Waals surface area contributed by atoms with Crippen molar-refractivity contribution in [3.63, 3.8) is 0 Å². The van der Waals surface area contributed by atoms with Crippen LogP contribution in [0, 0.1) is 0 Å². The van der Waals surface area contributed by atoms with Gasteiger partial charge in [-0.05, 0) is 24.1 Å². The molecule has 0 unspecified atom stereocenters. The quantitative estimate of drug-likeness (QED) is 0.824. The molecule has 17 heavy (non-hydrogen) atoms. The van der Waals surface area contributed by atoms with E-state index < -0.39 is 0 Å². The van der Waals surface area contributed by atoms with Crippen molar-refractivity contribution >= 4 is 5.91 Å². The average Bonchev–Trinajstić information content (AvgIpc) is 2.90. The minimum absolute atomic E-state index is 0.0396. The molecular weight excluding hydrogens is 218 g/mol. The van der Waals surface area contributed by atoms with Crippen molar-refractivity contribution in [2.75, 3.05) is 0 Å². The maximum Gasteiger partial charge on any atom is 0.273 e. The number of carbonyl (C=O) groups is 1. The maximum atomic E-state index is 11.8. The summed E-state index contributed by atoms with van der Waals surface area (Å²) in [7, 11) is 0.